The van der Waals surface area contributed by atoms with Crippen LogP contribution in [0.3, 0.4) is 0 Å². The minimum atomic E-state index is -1.04. The Morgan fingerprint density at radius 3 is 2.36 bits per heavy atom. The van der Waals surface area contributed by atoms with Crippen LogP contribution in [0.1, 0.15) is 49.3 Å². The Morgan fingerprint density at radius 1 is 1.41 bits per heavy atom. The number of rotatable bonds is 7. The molecule has 1 heterocycles. The third kappa shape index (κ3) is 3.41. The highest BCUT2D eigenvalue weighted by Gasteiger charge is 2.36. The van der Waals surface area contributed by atoms with E-state index in [-0.39, 0.29) is 23.5 Å². The molecule has 0 aliphatic rings. The lowest BCUT2D eigenvalue weighted by Crippen LogP contribution is -2.49. The molecule has 2 N–H and O–H groups in total. The zero-order chi connectivity index (χ0) is 17.1. The molecule has 0 aromatic carbocycles. The van der Waals surface area contributed by atoms with Crippen molar-refractivity contribution in [2.24, 2.45) is 7.05 Å². The molecular weight excluding hydrogens is 292 g/mol. The van der Waals surface area contributed by atoms with Crippen molar-refractivity contribution in [2.45, 2.75) is 45.6 Å². The molecule has 0 saturated heterocycles. The van der Waals surface area contributed by atoms with Crippen molar-refractivity contribution in [1.29, 1.82) is 0 Å². The summed E-state index contributed by atoms with van der Waals surface area (Å²) in [6.07, 6.45) is 0.536. The van der Waals surface area contributed by atoms with Crippen LogP contribution in [-0.2, 0) is 11.8 Å². The first kappa shape index (κ1) is 17.6. The molecule has 0 saturated carbocycles. The molecule has 1 aromatic rings. The Labute approximate surface area is 127 Å². The summed E-state index contributed by atoms with van der Waals surface area (Å²) in [5.74, 6) is -1.74. The van der Waals surface area contributed by atoms with Gasteiger partial charge in [0.25, 0.3) is 5.91 Å². The molecule has 1 amide bonds. The Kier molecular flexibility index (Phi) is 5.23. The summed E-state index contributed by atoms with van der Waals surface area (Å²) in [4.78, 5) is 33.9. The molecule has 1 aromatic heterocycles. The summed E-state index contributed by atoms with van der Waals surface area (Å²) >= 11 is 0. The van der Waals surface area contributed by atoms with Crippen molar-refractivity contribution in [3.05, 3.63) is 21.5 Å². The lowest BCUT2D eigenvalue weighted by Gasteiger charge is -2.31. The van der Waals surface area contributed by atoms with Gasteiger partial charge in [-0.1, -0.05) is 13.8 Å². The number of hydrogen-bond donors (Lipinski definition) is 2. The number of carboxylic acid groups (broad SMARTS) is 1. The highest BCUT2D eigenvalue weighted by Crippen LogP contribution is 2.25. The summed E-state index contributed by atoms with van der Waals surface area (Å²) in [7, 11) is 1.44. The molecule has 1 rings (SSSR count). The highest BCUT2D eigenvalue weighted by atomic mass is 16.6. The van der Waals surface area contributed by atoms with Crippen LogP contribution in [0, 0.1) is 17.0 Å². The van der Waals surface area contributed by atoms with Gasteiger partial charge in [0, 0.05) is 7.05 Å². The molecule has 122 valence electrons. The zero-order valence-electron chi connectivity index (χ0n) is 13.0. The van der Waals surface area contributed by atoms with Gasteiger partial charge in [0.05, 0.1) is 16.9 Å². The molecule has 0 aliphatic heterocycles. The summed E-state index contributed by atoms with van der Waals surface area (Å²) in [5.41, 5.74) is -1.36. The average Bonchev–Trinajstić information content (AvgIpc) is 2.72. The largest absolute Gasteiger partial charge is 0.481 e. The van der Waals surface area contributed by atoms with E-state index in [4.69, 9.17) is 5.11 Å². The van der Waals surface area contributed by atoms with Gasteiger partial charge in [0.1, 0.15) is 5.69 Å². The number of nitrogens with zero attached hydrogens (tertiary/aromatic N) is 3. The van der Waals surface area contributed by atoms with Crippen molar-refractivity contribution in [3.63, 3.8) is 0 Å². The number of nitrogens with one attached hydrogen (secondary N) is 1. The first-order valence-electron chi connectivity index (χ1n) is 6.89. The third-order valence-electron chi connectivity index (χ3n) is 3.81. The fourth-order valence-corrected chi connectivity index (χ4v) is 2.43. The summed E-state index contributed by atoms with van der Waals surface area (Å²) in [6.45, 7) is 4.96. The fourth-order valence-electron chi connectivity index (χ4n) is 2.43. The standard InChI is InChI=1S/C13H20N4O5/c1-5-13(6-2,7-9(18)19)14-12(20)11-10(17(21)22)8(3)15-16(11)4/h5-7H2,1-4H3,(H,14,20)(H,18,19). The Morgan fingerprint density at radius 2 is 1.95 bits per heavy atom. The summed E-state index contributed by atoms with van der Waals surface area (Å²) in [5, 5.41) is 26.7. The van der Waals surface area contributed by atoms with Gasteiger partial charge < -0.3 is 10.4 Å². The summed E-state index contributed by atoms with van der Waals surface area (Å²) in [6, 6.07) is 0. The molecular formula is C13H20N4O5. The van der Waals surface area contributed by atoms with Crippen LogP contribution in [0.2, 0.25) is 0 Å². The second-order valence-corrected chi connectivity index (χ2v) is 5.18. The van der Waals surface area contributed by atoms with Crippen molar-refractivity contribution in [3.8, 4) is 0 Å². The monoisotopic (exact) mass is 312 g/mol. The zero-order valence-corrected chi connectivity index (χ0v) is 13.0. The molecule has 22 heavy (non-hydrogen) atoms. The Bertz CT molecular complexity index is 604. The minimum Gasteiger partial charge on any atom is -0.481 e. The van der Waals surface area contributed by atoms with E-state index in [0.29, 0.717) is 12.8 Å². The predicted octanol–water partition coefficient (Wildman–Crippen LogP) is 1.40. The molecule has 0 aliphatic carbocycles. The van der Waals surface area contributed by atoms with Crippen LogP contribution < -0.4 is 5.32 Å². The first-order chi connectivity index (χ1) is 10.2. The van der Waals surface area contributed by atoms with E-state index >= 15 is 0 Å². The number of aliphatic carboxylic acids is 1. The highest BCUT2D eigenvalue weighted by molar-refractivity contribution is 5.97. The number of carboxylic acids is 1. The molecule has 0 fully saturated rings. The molecule has 9 heteroatoms. The van der Waals surface area contributed by atoms with Gasteiger partial charge >= 0.3 is 11.7 Å². The number of aromatic nitrogens is 2. The smallest absolute Gasteiger partial charge is 0.322 e. The van der Waals surface area contributed by atoms with Gasteiger partial charge in [-0.3, -0.25) is 24.4 Å². The van der Waals surface area contributed by atoms with E-state index in [1.165, 1.54) is 14.0 Å². The van der Waals surface area contributed by atoms with Gasteiger partial charge in [0.2, 0.25) is 5.69 Å². The molecule has 0 atom stereocenters. The van der Waals surface area contributed by atoms with Crippen LogP contribution in [0.5, 0.6) is 0 Å². The van der Waals surface area contributed by atoms with Gasteiger partial charge in [-0.05, 0) is 19.8 Å². The van der Waals surface area contributed by atoms with Crippen molar-refractivity contribution >= 4 is 17.6 Å². The van der Waals surface area contributed by atoms with Crippen molar-refractivity contribution < 1.29 is 19.6 Å². The molecule has 0 spiro atoms. The van der Waals surface area contributed by atoms with Crippen LogP contribution in [0.15, 0.2) is 0 Å². The van der Waals surface area contributed by atoms with Crippen LogP contribution in [0.25, 0.3) is 0 Å². The fraction of sp³-hybridized carbons (Fsp3) is 0.615. The molecule has 0 unspecified atom stereocenters. The van der Waals surface area contributed by atoms with E-state index in [0.717, 1.165) is 4.68 Å². The predicted molar refractivity (Wildman–Crippen MR) is 77.6 cm³/mol. The van der Waals surface area contributed by atoms with E-state index in [1.807, 2.05) is 0 Å². The van der Waals surface area contributed by atoms with E-state index < -0.39 is 22.3 Å². The number of nitro groups is 1. The number of amides is 1. The SMILES string of the molecule is CCC(CC)(CC(=O)O)NC(=O)c1c([N+](=O)[O-])c(C)nn1C. The number of hydrogen-bond acceptors (Lipinski definition) is 5. The number of carbonyl (C=O) groups is 2. The summed E-state index contributed by atoms with van der Waals surface area (Å²) < 4.78 is 1.14. The van der Waals surface area contributed by atoms with E-state index in [9.17, 15) is 19.7 Å². The van der Waals surface area contributed by atoms with E-state index in [2.05, 4.69) is 10.4 Å². The maximum atomic E-state index is 12.4. The molecule has 9 nitrogen and oxygen atoms in total. The minimum absolute atomic E-state index is 0.134. The lowest BCUT2D eigenvalue weighted by atomic mass is 9.88. The maximum Gasteiger partial charge on any atom is 0.322 e. The molecule has 0 radical (unpaired) electrons. The first-order valence-corrected chi connectivity index (χ1v) is 6.89. The second kappa shape index (κ2) is 6.54. The van der Waals surface area contributed by atoms with Gasteiger partial charge in [-0.15, -0.1) is 0 Å². The van der Waals surface area contributed by atoms with Gasteiger partial charge in [0.15, 0.2) is 0 Å². The van der Waals surface area contributed by atoms with Crippen LogP contribution in [-0.4, -0.2) is 37.2 Å². The maximum absolute atomic E-state index is 12.4. The van der Waals surface area contributed by atoms with Crippen molar-refractivity contribution in [2.75, 3.05) is 0 Å². The van der Waals surface area contributed by atoms with Crippen LogP contribution in [0.4, 0.5) is 5.69 Å². The third-order valence-corrected chi connectivity index (χ3v) is 3.81. The topological polar surface area (TPSA) is 127 Å². The molecule has 0 bridgehead atoms. The Balaban J connectivity index is 3.21. The number of carbonyl (C=O) groups excluding carboxylic acids is 1. The lowest BCUT2D eigenvalue weighted by molar-refractivity contribution is -0.385. The number of aryl methyl sites for hydroxylation is 2. The van der Waals surface area contributed by atoms with Crippen LogP contribution >= 0.6 is 0 Å². The van der Waals surface area contributed by atoms with Gasteiger partial charge in [-0.2, -0.15) is 5.10 Å². The quantitative estimate of drug-likeness (QED) is 0.578. The van der Waals surface area contributed by atoms with Crippen molar-refractivity contribution in [1.82, 2.24) is 15.1 Å². The normalized spacial score (nSPS) is 11.3. The second-order valence-electron chi connectivity index (χ2n) is 5.18. The van der Waals surface area contributed by atoms with E-state index in [1.54, 1.807) is 13.8 Å². The Hall–Kier alpha value is -2.45. The average molecular weight is 312 g/mol. The van der Waals surface area contributed by atoms with Gasteiger partial charge in [-0.25, -0.2) is 0 Å².